The highest BCUT2D eigenvalue weighted by atomic mass is 35.5. The average Bonchev–Trinajstić information content (AvgIpc) is 3.34. The molecular formula is C31H35ClN4O. The minimum Gasteiger partial charge on any atom is -0.385 e. The number of hydrogen-bond donors (Lipinski definition) is 3. The smallest absolute Gasteiger partial charge is 0.132 e. The summed E-state index contributed by atoms with van der Waals surface area (Å²) in [7, 11) is 0. The van der Waals surface area contributed by atoms with E-state index in [4.69, 9.17) is 22.7 Å². The first-order valence-electron chi connectivity index (χ1n) is 13.6. The van der Waals surface area contributed by atoms with E-state index in [0.29, 0.717) is 28.0 Å². The largest absolute Gasteiger partial charge is 0.385 e. The molecule has 6 heteroatoms. The summed E-state index contributed by atoms with van der Waals surface area (Å²) in [5.41, 5.74) is 12.7. The molecule has 2 fully saturated rings. The molecule has 1 saturated heterocycles. The SMILES string of the molecule is N=C(c1ccc(C2(O)CCC2)c(Cl)c1)c1cc(-c2ccc3c(c2)CCC(N2CCCC2)CC3)cnc1N. The molecule has 2 aliphatic carbocycles. The maximum Gasteiger partial charge on any atom is 0.132 e. The zero-order valence-corrected chi connectivity index (χ0v) is 22.0. The number of fused-ring (bicyclic) bond motifs is 1. The predicted octanol–water partition coefficient (Wildman–Crippen LogP) is 6.12. The summed E-state index contributed by atoms with van der Waals surface area (Å²) in [5.74, 6) is 0.329. The zero-order chi connectivity index (χ0) is 25.6. The van der Waals surface area contributed by atoms with Crippen LogP contribution in [0.25, 0.3) is 11.1 Å². The van der Waals surface area contributed by atoms with E-state index in [1.165, 1.54) is 49.9 Å². The van der Waals surface area contributed by atoms with Crippen molar-refractivity contribution in [2.24, 2.45) is 0 Å². The number of benzene rings is 2. The molecule has 3 aliphatic rings. The number of nitrogens with two attached hydrogens (primary N) is 1. The second-order valence-electron chi connectivity index (χ2n) is 11.1. The van der Waals surface area contributed by atoms with E-state index in [1.807, 2.05) is 18.2 Å². The number of halogens is 1. The first-order valence-corrected chi connectivity index (χ1v) is 14.0. The van der Waals surface area contributed by atoms with Crippen LogP contribution in [-0.4, -0.2) is 39.8 Å². The molecule has 37 heavy (non-hydrogen) atoms. The van der Waals surface area contributed by atoms with E-state index < -0.39 is 5.60 Å². The summed E-state index contributed by atoms with van der Waals surface area (Å²) in [4.78, 5) is 7.15. The van der Waals surface area contributed by atoms with Crippen LogP contribution in [-0.2, 0) is 18.4 Å². The maximum atomic E-state index is 10.7. The van der Waals surface area contributed by atoms with Gasteiger partial charge < -0.3 is 15.7 Å². The number of aromatic nitrogens is 1. The molecule has 1 saturated carbocycles. The van der Waals surface area contributed by atoms with Gasteiger partial charge in [-0.3, -0.25) is 5.41 Å². The number of aryl methyl sites for hydroxylation is 2. The van der Waals surface area contributed by atoms with Crippen LogP contribution in [0.4, 0.5) is 5.82 Å². The van der Waals surface area contributed by atoms with Gasteiger partial charge in [-0.25, -0.2) is 4.98 Å². The number of rotatable bonds is 5. The summed E-state index contributed by atoms with van der Waals surface area (Å²) in [6.07, 6.45) is 11.6. The van der Waals surface area contributed by atoms with Crippen molar-refractivity contribution in [3.05, 3.63) is 81.5 Å². The van der Waals surface area contributed by atoms with Crippen LogP contribution in [0.15, 0.2) is 48.7 Å². The van der Waals surface area contributed by atoms with Crippen LogP contribution in [0, 0.1) is 5.41 Å². The Morgan fingerprint density at radius 1 is 0.973 bits per heavy atom. The first-order chi connectivity index (χ1) is 17.9. The topological polar surface area (TPSA) is 86.2 Å². The van der Waals surface area contributed by atoms with Crippen molar-refractivity contribution in [2.45, 2.75) is 69.4 Å². The van der Waals surface area contributed by atoms with Crippen molar-refractivity contribution in [2.75, 3.05) is 18.8 Å². The molecule has 0 spiro atoms. The number of nitrogen functional groups attached to an aromatic ring is 1. The second kappa shape index (κ2) is 9.86. The summed E-state index contributed by atoms with van der Waals surface area (Å²) in [6.45, 7) is 2.51. The van der Waals surface area contributed by atoms with Crippen LogP contribution in [0.1, 0.15) is 72.8 Å². The third-order valence-corrected chi connectivity index (χ3v) is 9.13. The first kappa shape index (κ1) is 24.6. The van der Waals surface area contributed by atoms with Gasteiger partial charge in [0.15, 0.2) is 0 Å². The summed E-state index contributed by atoms with van der Waals surface area (Å²) in [5, 5.41) is 20.1. The van der Waals surface area contributed by atoms with Gasteiger partial charge in [0.05, 0.1) is 11.3 Å². The number of nitrogens with one attached hydrogen (secondary N) is 1. The number of nitrogens with zero attached hydrogens (tertiary/aromatic N) is 2. The Hall–Kier alpha value is -2.73. The molecule has 192 valence electrons. The molecule has 2 aromatic carbocycles. The summed E-state index contributed by atoms with van der Waals surface area (Å²) < 4.78 is 0. The average molecular weight is 515 g/mol. The van der Waals surface area contributed by atoms with Crippen LogP contribution >= 0.6 is 11.6 Å². The van der Waals surface area contributed by atoms with Crippen LogP contribution in [0.2, 0.25) is 5.02 Å². The fourth-order valence-corrected chi connectivity index (χ4v) is 6.72. The Labute approximate surface area is 224 Å². The van der Waals surface area contributed by atoms with Crippen molar-refractivity contribution >= 4 is 23.1 Å². The van der Waals surface area contributed by atoms with E-state index >= 15 is 0 Å². The van der Waals surface area contributed by atoms with Crippen molar-refractivity contribution in [3.8, 4) is 11.1 Å². The molecule has 0 amide bonds. The molecule has 0 radical (unpaired) electrons. The predicted molar refractivity (Wildman–Crippen MR) is 150 cm³/mol. The number of anilines is 1. The van der Waals surface area contributed by atoms with E-state index in [0.717, 1.165) is 48.8 Å². The minimum atomic E-state index is -0.835. The Bertz CT molecular complexity index is 1340. The number of likely N-dealkylation sites (tertiary alicyclic amines) is 1. The van der Waals surface area contributed by atoms with Crippen LogP contribution in [0.5, 0.6) is 0 Å². The molecule has 1 unspecified atom stereocenters. The maximum absolute atomic E-state index is 10.7. The normalized spacial score (nSPS) is 21.2. The van der Waals surface area contributed by atoms with Crippen LogP contribution < -0.4 is 5.73 Å². The molecule has 0 bridgehead atoms. The zero-order valence-electron chi connectivity index (χ0n) is 21.3. The quantitative estimate of drug-likeness (QED) is 0.283. The highest BCUT2D eigenvalue weighted by molar-refractivity contribution is 6.32. The molecule has 4 N–H and O–H groups in total. The van der Waals surface area contributed by atoms with Gasteiger partial charge in [-0.2, -0.15) is 0 Å². The highest BCUT2D eigenvalue weighted by Crippen LogP contribution is 2.44. The third kappa shape index (κ3) is 4.69. The van der Waals surface area contributed by atoms with Gasteiger partial charge in [0.2, 0.25) is 0 Å². The standard InChI is InChI=1S/C31H35ClN4O/c32-28-18-23(8-11-27(28)31(37)12-3-13-31)29(33)26-17-24(19-35-30(26)34)22-5-4-20-6-9-25(10-7-21(20)16-22)36-14-1-2-15-36/h4-5,8,11,16-19,25,33,37H,1-3,6-7,9-10,12-15H2,(H2,34,35). The van der Waals surface area contributed by atoms with Gasteiger partial charge in [0.1, 0.15) is 5.82 Å². The molecule has 2 heterocycles. The van der Waals surface area contributed by atoms with Gasteiger partial charge in [0, 0.05) is 39.5 Å². The van der Waals surface area contributed by atoms with E-state index in [-0.39, 0.29) is 5.71 Å². The Morgan fingerprint density at radius 3 is 2.43 bits per heavy atom. The van der Waals surface area contributed by atoms with Crippen molar-refractivity contribution in [3.63, 3.8) is 0 Å². The lowest BCUT2D eigenvalue weighted by Crippen LogP contribution is -2.33. The van der Waals surface area contributed by atoms with Gasteiger partial charge in [-0.05, 0) is 99.7 Å². The lowest BCUT2D eigenvalue weighted by atomic mass is 9.75. The van der Waals surface area contributed by atoms with E-state index in [9.17, 15) is 5.11 Å². The highest BCUT2D eigenvalue weighted by Gasteiger charge is 2.37. The van der Waals surface area contributed by atoms with Crippen molar-refractivity contribution in [1.82, 2.24) is 9.88 Å². The fraction of sp³-hybridized carbons (Fsp3) is 0.419. The molecule has 5 nitrogen and oxygen atoms in total. The molecule has 1 aliphatic heterocycles. The molecular weight excluding hydrogens is 480 g/mol. The van der Waals surface area contributed by atoms with Gasteiger partial charge in [-0.1, -0.05) is 41.9 Å². The molecule has 3 aromatic rings. The Balaban J connectivity index is 1.25. The number of pyridine rings is 1. The minimum absolute atomic E-state index is 0.282. The van der Waals surface area contributed by atoms with Gasteiger partial charge in [0.25, 0.3) is 0 Å². The monoisotopic (exact) mass is 514 g/mol. The molecule has 1 atom stereocenters. The summed E-state index contributed by atoms with van der Waals surface area (Å²) in [6, 6.07) is 14.9. The van der Waals surface area contributed by atoms with E-state index in [1.54, 1.807) is 12.3 Å². The number of aliphatic hydroxyl groups is 1. The molecule has 1 aromatic heterocycles. The fourth-order valence-electron chi connectivity index (χ4n) is 6.36. The van der Waals surface area contributed by atoms with Crippen LogP contribution in [0.3, 0.4) is 0 Å². The molecule has 6 rings (SSSR count). The van der Waals surface area contributed by atoms with E-state index in [2.05, 4.69) is 28.1 Å². The summed E-state index contributed by atoms with van der Waals surface area (Å²) >= 11 is 6.55. The lowest BCUT2D eigenvalue weighted by Gasteiger charge is -2.37. The van der Waals surface area contributed by atoms with Crippen molar-refractivity contribution < 1.29 is 5.11 Å². The third-order valence-electron chi connectivity index (χ3n) is 8.82. The Kier molecular flexibility index (Phi) is 6.56. The van der Waals surface area contributed by atoms with Crippen molar-refractivity contribution in [1.29, 1.82) is 5.41 Å². The van der Waals surface area contributed by atoms with Gasteiger partial charge >= 0.3 is 0 Å². The lowest BCUT2D eigenvalue weighted by molar-refractivity contribution is -0.0386. The number of hydrogen-bond acceptors (Lipinski definition) is 5. The van der Waals surface area contributed by atoms with Gasteiger partial charge in [-0.15, -0.1) is 0 Å². The Morgan fingerprint density at radius 2 is 1.73 bits per heavy atom. The second-order valence-corrected chi connectivity index (χ2v) is 11.5.